The third-order valence-electron chi connectivity index (χ3n) is 2.77. The van der Waals surface area contributed by atoms with E-state index in [9.17, 15) is 0 Å². The van der Waals surface area contributed by atoms with Crippen molar-refractivity contribution >= 4 is 5.69 Å². The van der Waals surface area contributed by atoms with Crippen molar-refractivity contribution in [2.45, 2.75) is 20.4 Å². The Morgan fingerprint density at radius 1 is 1.21 bits per heavy atom. The van der Waals surface area contributed by atoms with Gasteiger partial charge in [-0.15, -0.1) is 0 Å². The van der Waals surface area contributed by atoms with Crippen molar-refractivity contribution in [1.82, 2.24) is 0 Å². The average Bonchev–Trinajstić information content (AvgIpc) is 2.14. The first-order valence-corrected chi connectivity index (χ1v) is 5.15. The van der Waals surface area contributed by atoms with Gasteiger partial charge in [0.25, 0.3) is 0 Å². The SMILES string of the molecule is CC1(C)CN(c2ccc(CN)cc2)C1. The summed E-state index contributed by atoms with van der Waals surface area (Å²) in [5, 5.41) is 0. The van der Waals surface area contributed by atoms with Crippen LogP contribution in [0.1, 0.15) is 19.4 Å². The third-order valence-corrected chi connectivity index (χ3v) is 2.77. The van der Waals surface area contributed by atoms with Crippen LogP contribution >= 0.6 is 0 Å². The molecule has 0 unspecified atom stereocenters. The lowest BCUT2D eigenvalue weighted by Gasteiger charge is -2.47. The molecule has 0 spiro atoms. The Labute approximate surface area is 85.7 Å². The Morgan fingerprint density at radius 3 is 2.21 bits per heavy atom. The van der Waals surface area contributed by atoms with E-state index in [4.69, 9.17) is 5.73 Å². The van der Waals surface area contributed by atoms with E-state index >= 15 is 0 Å². The fraction of sp³-hybridized carbons (Fsp3) is 0.500. The van der Waals surface area contributed by atoms with Gasteiger partial charge in [-0.2, -0.15) is 0 Å². The molecule has 0 saturated carbocycles. The summed E-state index contributed by atoms with van der Waals surface area (Å²) >= 11 is 0. The minimum absolute atomic E-state index is 0.493. The third kappa shape index (κ3) is 1.75. The fourth-order valence-corrected chi connectivity index (χ4v) is 2.01. The summed E-state index contributed by atoms with van der Waals surface area (Å²) in [7, 11) is 0. The highest BCUT2D eigenvalue weighted by Gasteiger charge is 2.33. The van der Waals surface area contributed by atoms with Crippen LogP contribution in [-0.4, -0.2) is 13.1 Å². The molecule has 0 radical (unpaired) electrons. The van der Waals surface area contributed by atoms with Crippen LogP contribution in [0.3, 0.4) is 0 Å². The molecule has 2 nitrogen and oxygen atoms in total. The monoisotopic (exact) mass is 190 g/mol. The Bertz CT molecular complexity index is 306. The van der Waals surface area contributed by atoms with Gasteiger partial charge in [0.15, 0.2) is 0 Å². The second kappa shape index (κ2) is 3.28. The van der Waals surface area contributed by atoms with E-state index in [0.717, 1.165) is 13.1 Å². The van der Waals surface area contributed by atoms with Crippen molar-refractivity contribution in [3.05, 3.63) is 29.8 Å². The van der Waals surface area contributed by atoms with E-state index in [2.05, 4.69) is 43.0 Å². The topological polar surface area (TPSA) is 29.3 Å². The molecule has 0 amide bonds. The van der Waals surface area contributed by atoms with Crippen molar-refractivity contribution in [3.8, 4) is 0 Å². The number of nitrogens with zero attached hydrogens (tertiary/aromatic N) is 1. The van der Waals surface area contributed by atoms with Crippen LogP contribution in [0.4, 0.5) is 5.69 Å². The molecular formula is C12H18N2. The molecule has 1 aliphatic heterocycles. The lowest BCUT2D eigenvalue weighted by molar-refractivity contribution is 0.276. The number of nitrogens with two attached hydrogens (primary N) is 1. The molecule has 2 heteroatoms. The van der Waals surface area contributed by atoms with Crippen LogP contribution in [0.15, 0.2) is 24.3 Å². The molecule has 2 rings (SSSR count). The van der Waals surface area contributed by atoms with Crippen LogP contribution in [0.5, 0.6) is 0 Å². The van der Waals surface area contributed by atoms with Crippen LogP contribution in [0.25, 0.3) is 0 Å². The zero-order chi connectivity index (χ0) is 10.2. The molecule has 2 N–H and O–H groups in total. The molecule has 0 aliphatic carbocycles. The highest BCUT2D eigenvalue weighted by Crippen LogP contribution is 2.33. The van der Waals surface area contributed by atoms with Gasteiger partial charge in [-0.1, -0.05) is 26.0 Å². The summed E-state index contributed by atoms with van der Waals surface area (Å²) in [6, 6.07) is 8.55. The molecule has 76 valence electrons. The first-order chi connectivity index (χ1) is 6.61. The Morgan fingerprint density at radius 2 is 1.79 bits per heavy atom. The molecule has 1 aromatic carbocycles. The first kappa shape index (κ1) is 9.53. The zero-order valence-electron chi connectivity index (χ0n) is 8.96. The fourth-order valence-electron chi connectivity index (χ4n) is 2.01. The van der Waals surface area contributed by atoms with E-state index in [1.54, 1.807) is 0 Å². The molecule has 0 bridgehead atoms. The molecule has 1 saturated heterocycles. The van der Waals surface area contributed by atoms with Gasteiger partial charge >= 0.3 is 0 Å². The van der Waals surface area contributed by atoms with Gasteiger partial charge in [-0.3, -0.25) is 0 Å². The first-order valence-electron chi connectivity index (χ1n) is 5.15. The van der Waals surface area contributed by atoms with Crippen molar-refractivity contribution < 1.29 is 0 Å². The zero-order valence-corrected chi connectivity index (χ0v) is 8.96. The van der Waals surface area contributed by atoms with Gasteiger partial charge in [0.1, 0.15) is 0 Å². The van der Waals surface area contributed by atoms with Gasteiger partial charge in [-0.05, 0) is 23.1 Å². The standard InChI is InChI=1S/C12H18N2/c1-12(2)8-14(9-12)11-5-3-10(7-13)4-6-11/h3-6H,7-9,13H2,1-2H3. The van der Waals surface area contributed by atoms with Gasteiger partial charge in [0.05, 0.1) is 0 Å². The molecule has 1 fully saturated rings. The second-order valence-electron chi connectivity index (χ2n) is 4.89. The largest absolute Gasteiger partial charge is 0.370 e. The van der Waals surface area contributed by atoms with E-state index in [-0.39, 0.29) is 0 Å². The predicted molar refractivity (Wildman–Crippen MR) is 60.3 cm³/mol. The Hall–Kier alpha value is -1.02. The van der Waals surface area contributed by atoms with Crippen molar-refractivity contribution in [1.29, 1.82) is 0 Å². The average molecular weight is 190 g/mol. The van der Waals surface area contributed by atoms with Crippen molar-refractivity contribution in [3.63, 3.8) is 0 Å². The van der Waals surface area contributed by atoms with Gasteiger partial charge in [0.2, 0.25) is 0 Å². The van der Waals surface area contributed by atoms with Crippen LogP contribution < -0.4 is 10.6 Å². The van der Waals surface area contributed by atoms with E-state index in [0.29, 0.717) is 12.0 Å². The number of anilines is 1. The summed E-state index contributed by atoms with van der Waals surface area (Å²) < 4.78 is 0. The maximum Gasteiger partial charge on any atom is 0.0366 e. The summed E-state index contributed by atoms with van der Waals surface area (Å²) in [5.74, 6) is 0. The summed E-state index contributed by atoms with van der Waals surface area (Å²) in [6.07, 6.45) is 0. The minimum Gasteiger partial charge on any atom is -0.370 e. The highest BCUT2D eigenvalue weighted by molar-refractivity contribution is 5.50. The van der Waals surface area contributed by atoms with Crippen LogP contribution in [0.2, 0.25) is 0 Å². The maximum absolute atomic E-state index is 5.55. The quantitative estimate of drug-likeness (QED) is 0.772. The summed E-state index contributed by atoms with van der Waals surface area (Å²) in [6.45, 7) is 7.56. The van der Waals surface area contributed by atoms with E-state index in [1.807, 2.05) is 0 Å². The molecular weight excluding hydrogens is 172 g/mol. The lowest BCUT2D eigenvalue weighted by Crippen LogP contribution is -2.53. The number of hydrogen-bond donors (Lipinski definition) is 1. The van der Waals surface area contributed by atoms with Crippen molar-refractivity contribution in [2.24, 2.45) is 11.1 Å². The van der Waals surface area contributed by atoms with E-state index in [1.165, 1.54) is 11.3 Å². The Kier molecular flexibility index (Phi) is 2.23. The lowest BCUT2D eigenvalue weighted by atomic mass is 9.84. The smallest absolute Gasteiger partial charge is 0.0366 e. The Balaban J connectivity index is 2.05. The normalized spacial score (nSPS) is 19.2. The summed E-state index contributed by atoms with van der Waals surface area (Å²) in [5.41, 5.74) is 8.57. The second-order valence-corrected chi connectivity index (χ2v) is 4.89. The van der Waals surface area contributed by atoms with Crippen LogP contribution in [0, 0.1) is 5.41 Å². The maximum atomic E-state index is 5.55. The van der Waals surface area contributed by atoms with Gasteiger partial charge in [-0.25, -0.2) is 0 Å². The summed E-state index contributed by atoms with van der Waals surface area (Å²) in [4.78, 5) is 2.40. The predicted octanol–water partition coefficient (Wildman–Crippen LogP) is 1.99. The molecule has 1 heterocycles. The highest BCUT2D eigenvalue weighted by atomic mass is 15.2. The molecule has 1 aromatic rings. The molecule has 0 atom stereocenters. The van der Waals surface area contributed by atoms with Gasteiger partial charge < -0.3 is 10.6 Å². The minimum atomic E-state index is 0.493. The molecule has 14 heavy (non-hydrogen) atoms. The van der Waals surface area contributed by atoms with Crippen molar-refractivity contribution in [2.75, 3.05) is 18.0 Å². The van der Waals surface area contributed by atoms with E-state index < -0.39 is 0 Å². The molecule has 1 aliphatic rings. The number of hydrogen-bond acceptors (Lipinski definition) is 2. The van der Waals surface area contributed by atoms with Gasteiger partial charge in [0, 0.05) is 25.3 Å². The molecule has 0 aromatic heterocycles. The van der Waals surface area contributed by atoms with Crippen LogP contribution in [-0.2, 0) is 6.54 Å². The number of rotatable bonds is 2. The number of benzene rings is 1.